The van der Waals surface area contributed by atoms with Crippen molar-refractivity contribution in [2.75, 3.05) is 18.4 Å². The van der Waals surface area contributed by atoms with E-state index in [0.29, 0.717) is 13.1 Å². The molecule has 0 aliphatic carbocycles. The highest BCUT2D eigenvalue weighted by atomic mass is 16.1. The summed E-state index contributed by atoms with van der Waals surface area (Å²) in [6.07, 6.45) is 4.55. The van der Waals surface area contributed by atoms with Crippen molar-refractivity contribution in [1.29, 1.82) is 0 Å². The number of ketones is 1. The molecule has 1 aromatic heterocycles. The number of carbonyl (C=O) groups excluding carboxylic acids is 1. The van der Waals surface area contributed by atoms with E-state index in [-0.39, 0.29) is 5.78 Å². The average molecular weight is 267 g/mol. The lowest BCUT2D eigenvalue weighted by molar-refractivity contribution is 0.0990. The molecule has 3 rings (SSSR count). The van der Waals surface area contributed by atoms with Gasteiger partial charge in [-0.2, -0.15) is 0 Å². The molecule has 2 heterocycles. The molecule has 4 nitrogen and oxygen atoms in total. The lowest BCUT2D eigenvalue weighted by Gasteiger charge is -2.06. The zero-order valence-electron chi connectivity index (χ0n) is 11.2. The van der Waals surface area contributed by atoms with E-state index < -0.39 is 0 Å². The fourth-order valence-corrected chi connectivity index (χ4v) is 2.40. The Morgan fingerprint density at radius 1 is 1.35 bits per heavy atom. The largest absolute Gasteiger partial charge is 0.384 e. The first kappa shape index (κ1) is 12.8. The molecule has 1 aliphatic rings. The lowest BCUT2D eigenvalue weighted by Crippen LogP contribution is -2.22. The second kappa shape index (κ2) is 5.84. The Labute approximate surface area is 118 Å². The maximum absolute atomic E-state index is 12.1. The summed E-state index contributed by atoms with van der Waals surface area (Å²) >= 11 is 0. The molecule has 0 amide bonds. The average Bonchev–Trinajstić information content (AvgIpc) is 2.95. The molecule has 0 radical (unpaired) electrons. The van der Waals surface area contributed by atoms with Gasteiger partial charge in [0.1, 0.15) is 0 Å². The molecule has 2 N–H and O–H groups in total. The predicted octanol–water partition coefficient (Wildman–Crippen LogP) is 2.02. The van der Waals surface area contributed by atoms with Crippen LogP contribution >= 0.6 is 0 Å². The fourth-order valence-electron chi connectivity index (χ4n) is 2.40. The van der Waals surface area contributed by atoms with E-state index >= 15 is 0 Å². The first-order valence-corrected chi connectivity index (χ1v) is 6.82. The second-order valence-electron chi connectivity index (χ2n) is 4.94. The zero-order chi connectivity index (χ0) is 13.8. The number of Topliss-reactive ketones (excluding diaryl/α,β-unsaturated/α-hetero) is 1. The summed E-state index contributed by atoms with van der Waals surface area (Å²) in [5.74, 6) is 0.128. The fraction of sp³-hybridized carbons (Fsp3) is 0.250. The second-order valence-corrected chi connectivity index (χ2v) is 4.94. The van der Waals surface area contributed by atoms with E-state index in [9.17, 15) is 4.79 Å². The number of carbonyl (C=O) groups is 1. The topological polar surface area (TPSA) is 54.0 Å². The van der Waals surface area contributed by atoms with Gasteiger partial charge in [0.05, 0.1) is 6.54 Å². The number of hydrogen-bond donors (Lipinski definition) is 2. The number of nitrogens with zero attached hydrogens (tertiary/aromatic N) is 1. The third kappa shape index (κ3) is 2.86. The van der Waals surface area contributed by atoms with Crippen molar-refractivity contribution < 1.29 is 4.79 Å². The Balaban J connectivity index is 1.57. The molecule has 0 spiro atoms. The Morgan fingerprint density at radius 3 is 3.15 bits per heavy atom. The number of benzene rings is 1. The quantitative estimate of drug-likeness (QED) is 0.814. The van der Waals surface area contributed by atoms with Crippen LogP contribution in [0.5, 0.6) is 0 Å². The van der Waals surface area contributed by atoms with Gasteiger partial charge in [0.15, 0.2) is 5.78 Å². The van der Waals surface area contributed by atoms with E-state index in [1.807, 2.05) is 30.3 Å². The molecule has 0 unspecified atom stereocenters. The molecule has 0 saturated heterocycles. The van der Waals surface area contributed by atoms with Gasteiger partial charge in [-0.15, -0.1) is 0 Å². The van der Waals surface area contributed by atoms with Crippen molar-refractivity contribution in [3.63, 3.8) is 0 Å². The molecule has 0 atom stereocenters. The monoisotopic (exact) mass is 267 g/mol. The summed E-state index contributed by atoms with van der Waals surface area (Å²) in [5.41, 5.74) is 4.26. The van der Waals surface area contributed by atoms with Crippen LogP contribution in [0.15, 0.2) is 42.7 Å². The van der Waals surface area contributed by atoms with Crippen LogP contribution in [0.2, 0.25) is 0 Å². The summed E-state index contributed by atoms with van der Waals surface area (Å²) in [6.45, 7) is 1.97. The van der Waals surface area contributed by atoms with Crippen molar-refractivity contribution in [3.8, 4) is 0 Å². The number of anilines is 1. The molecule has 102 valence electrons. The van der Waals surface area contributed by atoms with Gasteiger partial charge >= 0.3 is 0 Å². The predicted molar refractivity (Wildman–Crippen MR) is 78.9 cm³/mol. The maximum atomic E-state index is 12.1. The van der Waals surface area contributed by atoms with E-state index in [1.165, 1.54) is 5.56 Å². The molecule has 1 aromatic carbocycles. The Kier molecular flexibility index (Phi) is 3.74. The highest BCUT2D eigenvalue weighted by Gasteiger charge is 2.13. The van der Waals surface area contributed by atoms with Crippen molar-refractivity contribution in [1.82, 2.24) is 10.3 Å². The molecule has 20 heavy (non-hydrogen) atoms. The van der Waals surface area contributed by atoms with E-state index in [0.717, 1.165) is 29.8 Å². The molecular formula is C16H17N3O. The minimum atomic E-state index is 0.128. The van der Waals surface area contributed by atoms with Gasteiger partial charge < -0.3 is 10.6 Å². The van der Waals surface area contributed by atoms with E-state index in [1.54, 1.807) is 12.4 Å². The molecule has 0 saturated carbocycles. The van der Waals surface area contributed by atoms with Crippen molar-refractivity contribution in [2.24, 2.45) is 0 Å². The van der Waals surface area contributed by atoms with E-state index in [4.69, 9.17) is 0 Å². The summed E-state index contributed by atoms with van der Waals surface area (Å²) in [6, 6.07) is 9.78. The zero-order valence-corrected chi connectivity index (χ0v) is 11.2. The Morgan fingerprint density at radius 2 is 2.30 bits per heavy atom. The Hall–Kier alpha value is -2.20. The molecule has 4 heteroatoms. The summed E-state index contributed by atoms with van der Waals surface area (Å²) in [4.78, 5) is 16.2. The number of aromatic nitrogens is 1. The van der Waals surface area contributed by atoms with Crippen LogP contribution in [0.25, 0.3) is 0 Å². The SMILES string of the molecule is O=C(CNCc1cccnc1)c1ccc2c(c1)CCN2. The van der Waals surface area contributed by atoms with Gasteiger partial charge in [0.2, 0.25) is 0 Å². The van der Waals surface area contributed by atoms with Gasteiger partial charge in [0.25, 0.3) is 0 Å². The highest BCUT2D eigenvalue weighted by Crippen LogP contribution is 2.23. The van der Waals surface area contributed by atoms with Crippen LogP contribution in [0, 0.1) is 0 Å². The van der Waals surface area contributed by atoms with Gasteiger partial charge in [0, 0.05) is 36.7 Å². The number of rotatable bonds is 5. The summed E-state index contributed by atoms with van der Waals surface area (Å²) in [7, 11) is 0. The molecule has 2 aromatic rings. The molecular weight excluding hydrogens is 250 g/mol. The van der Waals surface area contributed by atoms with Crippen LogP contribution in [0.3, 0.4) is 0 Å². The number of fused-ring (bicyclic) bond motifs is 1. The van der Waals surface area contributed by atoms with Gasteiger partial charge in [-0.25, -0.2) is 0 Å². The first-order valence-electron chi connectivity index (χ1n) is 6.82. The van der Waals surface area contributed by atoms with Crippen molar-refractivity contribution >= 4 is 11.5 Å². The van der Waals surface area contributed by atoms with Crippen LogP contribution < -0.4 is 10.6 Å². The molecule has 0 fully saturated rings. The van der Waals surface area contributed by atoms with Gasteiger partial charge in [-0.05, 0) is 41.8 Å². The number of hydrogen-bond acceptors (Lipinski definition) is 4. The van der Waals surface area contributed by atoms with Crippen molar-refractivity contribution in [2.45, 2.75) is 13.0 Å². The minimum absolute atomic E-state index is 0.128. The number of nitrogens with one attached hydrogen (secondary N) is 2. The van der Waals surface area contributed by atoms with Crippen LogP contribution in [0.1, 0.15) is 21.5 Å². The third-order valence-corrected chi connectivity index (χ3v) is 3.47. The minimum Gasteiger partial charge on any atom is -0.384 e. The van der Waals surface area contributed by atoms with Gasteiger partial charge in [-0.3, -0.25) is 9.78 Å². The lowest BCUT2D eigenvalue weighted by atomic mass is 10.1. The Bertz CT molecular complexity index is 610. The van der Waals surface area contributed by atoms with E-state index in [2.05, 4.69) is 15.6 Å². The first-order chi connectivity index (χ1) is 9.83. The van der Waals surface area contributed by atoms with Crippen LogP contribution in [-0.4, -0.2) is 23.9 Å². The highest BCUT2D eigenvalue weighted by molar-refractivity contribution is 5.98. The molecule has 0 bridgehead atoms. The number of pyridine rings is 1. The van der Waals surface area contributed by atoms with Gasteiger partial charge in [-0.1, -0.05) is 6.07 Å². The standard InChI is InChI=1S/C16H17N3O/c20-16(11-18-10-12-2-1-6-17-9-12)14-3-4-15-13(8-14)5-7-19-15/h1-4,6,8-9,18-19H,5,7,10-11H2. The maximum Gasteiger partial charge on any atom is 0.176 e. The van der Waals surface area contributed by atoms with Crippen molar-refractivity contribution in [3.05, 3.63) is 59.4 Å². The van der Waals surface area contributed by atoms with Crippen LogP contribution in [0.4, 0.5) is 5.69 Å². The summed E-state index contributed by atoms with van der Waals surface area (Å²) < 4.78 is 0. The third-order valence-electron chi connectivity index (χ3n) is 3.47. The summed E-state index contributed by atoms with van der Waals surface area (Å²) in [5, 5.41) is 6.46. The van der Waals surface area contributed by atoms with Crippen LogP contribution in [-0.2, 0) is 13.0 Å². The normalized spacial score (nSPS) is 12.8. The molecule has 1 aliphatic heterocycles. The smallest absolute Gasteiger partial charge is 0.176 e.